The molecular weight excluding hydrogens is 400 g/mol. The molecule has 8 heteroatoms. The van der Waals surface area contributed by atoms with Crippen LogP contribution in [0.5, 0.6) is 0 Å². The largest absolute Gasteiger partial charge is 0.369 e. The molecule has 30 heavy (non-hydrogen) atoms. The van der Waals surface area contributed by atoms with Crippen molar-refractivity contribution in [3.63, 3.8) is 0 Å². The van der Waals surface area contributed by atoms with Crippen LogP contribution in [0.1, 0.15) is 10.4 Å². The molecule has 0 unspecified atom stereocenters. The Morgan fingerprint density at radius 2 is 1.67 bits per heavy atom. The number of nitrogens with one attached hydrogen (secondary N) is 1. The fourth-order valence-electron chi connectivity index (χ4n) is 3.35. The van der Waals surface area contributed by atoms with Gasteiger partial charge in [0, 0.05) is 43.1 Å². The van der Waals surface area contributed by atoms with E-state index in [-0.39, 0.29) is 12.5 Å². The molecule has 0 aliphatic carbocycles. The molecule has 1 amide bonds. The minimum absolute atomic E-state index is 0.171. The van der Waals surface area contributed by atoms with E-state index in [1.54, 1.807) is 24.3 Å². The summed E-state index contributed by atoms with van der Waals surface area (Å²) in [6, 6.07) is 14.3. The molecule has 3 rings (SSSR count). The highest BCUT2D eigenvalue weighted by Gasteiger charge is 2.17. The molecule has 1 aliphatic heterocycles. The van der Waals surface area contributed by atoms with Gasteiger partial charge in [-0.15, -0.1) is 6.58 Å². The van der Waals surface area contributed by atoms with Crippen molar-refractivity contribution in [2.45, 2.75) is 0 Å². The van der Waals surface area contributed by atoms with Crippen molar-refractivity contribution < 1.29 is 13.2 Å². The van der Waals surface area contributed by atoms with Crippen LogP contribution in [0.4, 0.5) is 17.1 Å². The molecule has 1 saturated heterocycles. The normalized spacial score (nSPS) is 14.9. The monoisotopic (exact) mass is 428 g/mol. The van der Waals surface area contributed by atoms with Gasteiger partial charge in [-0.1, -0.05) is 6.08 Å². The molecule has 1 heterocycles. The lowest BCUT2D eigenvalue weighted by molar-refractivity contribution is 0.102. The van der Waals surface area contributed by atoms with E-state index in [9.17, 15) is 13.2 Å². The van der Waals surface area contributed by atoms with Crippen LogP contribution < -0.4 is 14.5 Å². The first-order valence-corrected chi connectivity index (χ1v) is 11.7. The number of sulfonamides is 1. The van der Waals surface area contributed by atoms with E-state index in [0.29, 0.717) is 16.9 Å². The Bertz CT molecular complexity index is 980. The summed E-state index contributed by atoms with van der Waals surface area (Å²) in [7, 11) is -1.30. The predicted octanol–water partition coefficient (Wildman–Crippen LogP) is 2.64. The molecule has 160 valence electrons. The zero-order chi connectivity index (χ0) is 21.7. The van der Waals surface area contributed by atoms with Crippen LogP contribution in [-0.2, 0) is 10.0 Å². The highest BCUT2D eigenvalue weighted by atomic mass is 32.2. The molecule has 1 fully saturated rings. The van der Waals surface area contributed by atoms with Crippen molar-refractivity contribution in [2.75, 3.05) is 60.5 Å². The Morgan fingerprint density at radius 1 is 1.07 bits per heavy atom. The van der Waals surface area contributed by atoms with E-state index in [2.05, 4.69) is 28.7 Å². The van der Waals surface area contributed by atoms with Crippen molar-refractivity contribution in [3.8, 4) is 0 Å². The summed E-state index contributed by atoms with van der Waals surface area (Å²) in [4.78, 5) is 17.2. The molecule has 0 aromatic heterocycles. The quantitative estimate of drug-likeness (QED) is 0.687. The van der Waals surface area contributed by atoms with Crippen molar-refractivity contribution >= 4 is 33.0 Å². The van der Waals surface area contributed by atoms with E-state index < -0.39 is 10.0 Å². The Hall–Kier alpha value is -2.84. The van der Waals surface area contributed by atoms with Gasteiger partial charge in [0.15, 0.2) is 0 Å². The molecule has 1 N–H and O–H groups in total. The van der Waals surface area contributed by atoms with E-state index >= 15 is 0 Å². The fourth-order valence-corrected chi connectivity index (χ4v) is 4.23. The van der Waals surface area contributed by atoms with Crippen LogP contribution in [0.15, 0.2) is 61.2 Å². The van der Waals surface area contributed by atoms with Gasteiger partial charge >= 0.3 is 0 Å². The number of amides is 1. The summed E-state index contributed by atoms with van der Waals surface area (Å²) in [6.07, 6.45) is 2.66. The molecule has 0 saturated carbocycles. The Balaban J connectivity index is 1.65. The van der Waals surface area contributed by atoms with Crippen LogP contribution in [-0.4, -0.2) is 65.3 Å². The maximum atomic E-state index is 12.6. The second-order valence-corrected chi connectivity index (χ2v) is 9.33. The van der Waals surface area contributed by atoms with Crippen LogP contribution in [0.25, 0.3) is 0 Å². The van der Waals surface area contributed by atoms with Gasteiger partial charge in [0.05, 0.1) is 18.5 Å². The third-order valence-electron chi connectivity index (χ3n) is 5.11. The van der Waals surface area contributed by atoms with E-state index in [1.807, 2.05) is 24.3 Å². The summed E-state index contributed by atoms with van der Waals surface area (Å²) in [5.41, 5.74) is 2.80. The molecule has 2 aromatic rings. The third kappa shape index (κ3) is 5.40. The number of benzene rings is 2. The Kier molecular flexibility index (Phi) is 6.79. The van der Waals surface area contributed by atoms with Gasteiger partial charge in [0.1, 0.15) is 0 Å². The molecule has 7 nitrogen and oxygen atoms in total. The second-order valence-electron chi connectivity index (χ2n) is 7.42. The van der Waals surface area contributed by atoms with Gasteiger partial charge in [-0.3, -0.25) is 9.10 Å². The van der Waals surface area contributed by atoms with Gasteiger partial charge in [-0.25, -0.2) is 8.42 Å². The minimum Gasteiger partial charge on any atom is -0.369 e. The standard InChI is InChI=1S/C22H28N4O3S/c1-4-13-26(30(3,28)29)21-9-5-18(6-10-21)22(27)23-19-7-11-20(12-8-19)25-16-14-24(2)15-17-25/h4-12H,1,13-17H2,2-3H3,(H,23,27). The van der Waals surface area contributed by atoms with Crippen molar-refractivity contribution in [3.05, 3.63) is 66.7 Å². The highest BCUT2D eigenvalue weighted by Crippen LogP contribution is 2.21. The Morgan fingerprint density at radius 3 is 2.20 bits per heavy atom. The van der Waals surface area contributed by atoms with Crippen LogP contribution >= 0.6 is 0 Å². The lowest BCUT2D eigenvalue weighted by Gasteiger charge is -2.34. The second kappa shape index (κ2) is 9.32. The molecule has 0 spiro atoms. The van der Waals surface area contributed by atoms with E-state index in [4.69, 9.17) is 0 Å². The average molecular weight is 429 g/mol. The number of piperazine rings is 1. The SMILES string of the molecule is C=CCN(c1ccc(C(=O)Nc2ccc(N3CCN(C)CC3)cc2)cc1)S(C)(=O)=O. The number of hydrogen-bond acceptors (Lipinski definition) is 5. The number of nitrogens with zero attached hydrogens (tertiary/aromatic N) is 3. The fraction of sp³-hybridized carbons (Fsp3) is 0.318. The Labute approximate surface area is 178 Å². The first-order valence-electron chi connectivity index (χ1n) is 9.81. The minimum atomic E-state index is -3.42. The van der Waals surface area contributed by atoms with Crippen molar-refractivity contribution in [1.82, 2.24) is 4.90 Å². The van der Waals surface area contributed by atoms with Crippen LogP contribution in [0, 0.1) is 0 Å². The number of hydrogen-bond donors (Lipinski definition) is 1. The molecule has 2 aromatic carbocycles. The third-order valence-corrected chi connectivity index (χ3v) is 6.27. The molecule has 0 radical (unpaired) electrons. The smallest absolute Gasteiger partial charge is 0.255 e. The summed E-state index contributed by atoms with van der Waals surface area (Å²) < 4.78 is 25.1. The molecule has 0 bridgehead atoms. The lowest BCUT2D eigenvalue weighted by Crippen LogP contribution is -2.44. The number of carbonyl (C=O) groups is 1. The number of rotatable bonds is 7. The van der Waals surface area contributed by atoms with Crippen LogP contribution in [0.3, 0.4) is 0 Å². The van der Waals surface area contributed by atoms with Gasteiger partial charge in [0.25, 0.3) is 5.91 Å². The van der Waals surface area contributed by atoms with Gasteiger partial charge in [-0.2, -0.15) is 0 Å². The zero-order valence-electron chi connectivity index (χ0n) is 17.4. The van der Waals surface area contributed by atoms with Gasteiger partial charge in [0.2, 0.25) is 10.0 Å². The highest BCUT2D eigenvalue weighted by molar-refractivity contribution is 7.92. The maximum absolute atomic E-state index is 12.6. The number of anilines is 3. The topological polar surface area (TPSA) is 73.0 Å². The molecule has 1 aliphatic rings. The van der Waals surface area contributed by atoms with Gasteiger partial charge < -0.3 is 15.1 Å². The van der Waals surface area contributed by atoms with E-state index in [0.717, 1.165) is 38.1 Å². The summed E-state index contributed by atoms with van der Waals surface area (Å²) in [5.74, 6) is -0.247. The summed E-state index contributed by atoms with van der Waals surface area (Å²) in [6.45, 7) is 7.83. The lowest BCUT2D eigenvalue weighted by atomic mass is 10.1. The number of likely N-dealkylation sites (N-methyl/N-ethyl adjacent to an activating group) is 1. The van der Waals surface area contributed by atoms with Crippen LogP contribution in [0.2, 0.25) is 0 Å². The predicted molar refractivity (Wildman–Crippen MR) is 123 cm³/mol. The van der Waals surface area contributed by atoms with Crippen molar-refractivity contribution in [2.24, 2.45) is 0 Å². The molecule has 0 atom stereocenters. The molecular formula is C22H28N4O3S. The number of carbonyl (C=O) groups excluding carboxylic acids is 1. The van der Waals surface area contributed by atoms with Gasteiger partial charge in [-0.05, 0) is 55.6 Å². The van der Waals surface area contributed by atoms with Crippen molar-refractivity contribution in [1.29, 1.82) is 0 Å². The average Bonchev–Trinajstić information content (AvgIpc) is 2.72. The first kappa shape index (κ1) is 21.9. The summed E-state index contributed by atoms with van der Waals surface area (Å²) >= 11 is 0. The first-order chi connectivity index (χ1) is 14.3. The summed E-state index contributed by atoms with van der Waals surface area (Å²) in [5, 5.41) is 2.89. The maximum Gasteiger partial charge on any atom is 0.255 e. The van der Waals surface area contributed by atoms with E-state index in [1.165, 1.54) is 10.4 Å². The zero-order valence-corrected chi connectivity index (χ0v) is 18.2.